The summed E-state index contributed by atoms with van der Waals surface area (Å²) >= 11 is 6.42. The second-order valence-corrected chi connectivity index (χ2v) is 11.4. The van der Waals surface area contributed by atoms with Crippen LogP contribution in [0.1, 0.15) is 54.9 Å². The first-order valence-corrected chi connectivity index (χ1v) is 13.1. The zero-order chi connectivity index (χ0) is 26.3. The molecular formula is C28H34ClN7O. The van der Waals surface area contributed by atoms with Crippen molar-refractivity contribution < 1.29 is 0 Å². The first-order chi connectivity index (χ1) is 17.6. The molecule has 1 saturated heterocycles. The fourth-order valence-corrected chi connectivity index (χ4v) is 5.49. The zero-order valence-electron chi connectivity index (χ0n) is 22.1. The summed E-state index contributed by atoms with van der Waals surface area (Å²) < 4.78 is 1.85. The van der Waals surface area contributed by atoms with Crippen LogP contribution in [-0.4, -0.2) is 61.2 Å². The molecule has 194 valence electrons. The second kappa shape index (κ2) is 10.0. The standard InChI is InChI=1S/C28H34ClN7O/c1-18-14-19(2)24-21(15-18)16-22(27(37)30-24)25(26-31-32-33-36(26)28(3,4)5)35-12-10-34(11-13-35)17-20-8-6-7-9-23(20)29/h6-9,14-16,25H,10-13,17H2,1-5H3,(H,30,37). The van der Waals surface area contributed by atoms with Gasteiger partial charge in [0.25, 0.3) is 5.56 Å². The van der Waals surface area contributed by atoms with Gasteiger partial charge in [0.05, 0.1) is 11.1 Å². The van der Waals surface area contributed by atoms with Crippen molar-refractivity contribution in [3.05, 3.63) is 85.9 Å². The first kappa shape index (κ1) is 25.6. The molecule has 1 atom stereocenters. The average molecular weight is 520 g/mol. The molecule has 4 aromatic rings. The monoisotopic (exact) mass is 519 g/mol. The number of halogens is 1. The van der Waals surface area contributed by atoms with Crippen molar-refractivity contribution >= 4 is 22.5 Å². The highest BCUT2D eigenvalue weighted by Crippen LogP contribution is 2.31. The predicted molar refractivity (Wildman–Crippen MR) is 147 cm³/mol. The average Bonchev–Trinajstić information content (AvgIpc) is 3.33. The van der Waals surface area contributed by atoms with E-state index in [1.165, 1.54) is 0 Å². The molecule has 0 aliphatic carbocycles. The Kier molecular flexibility index (Phi) is 6.91. The highest BCUT2D eigenvalue weighted by molar-refractivity contribution is 6.31. The lowest BCUT2D eigenvalue weighted by Crippen LogP contribution is -2.49. The van der Waals surface area contributed by atoms with Gasteiger partial charge in [-0.15, -0.1) is 5.10 Å². The number of fused-ring (bicyclic) bond motifs is 1. The number of aromatic amines is 1. The third-order valence-corrected chi connectivity index (χ3v) is 7.48. The van der Waals surface area contributed by atoms with Crippen molar-refractivity contribution in [1.29, 1.82) is 0 Å². The summed E-state index contributed by atoms with van der Waals surface area (Å²) in [6.07, 6.45) is 0. The van der Waals surface area contributed by atoms with Crippen LogP contribution in [0, 0.1) is 13.8 Å². The van der Waals surface area contributed by atoms with Crippen molar-refractivity contribution in [2.75, 3.05) is 26.2 Å². The number of benzene rings is 2. The molecule has 8 nitrogen and oxygen atoms in total. The number of tetrazole rings is 1. The number of nitrogens with one attached hydrogen (secondary N) is 1. The van der Waals surface area contributed by atoms with E-state index < -0.39 is 0 Å². The third kappa shape index (κ3) is 5.19. The number of aryl methyl sites for hydroxylation is 2. The minimum absolute atomic E-state index is 0.105. The number of rotatable bonds is 5. The van der Waals surface area contributed by atoms with Crippen LogP contribution in [0.5, 0.6) is 0 Å². The largest absolute Gasteiger partial charge is 0.321 e. The smallest absolute Gasteiger partial charge is 0.253 e. The Hall–Kier alpha value is -3.07. The van der Waals surface area contributed by atoms with Gasteiger partial charge in [0.15, 0.2) is 5.82 Å². The second-order valence-electron chi connectivity index (χ2n) is 11.0. The Balaban J connectivity index is 1.52. The van der Waals surface area contributed by atoms with Crippen LogP contribution >= 0.6 is 11.6 Å². The molecule has 0 saturated carbocycles. The van der Waals surface area contributed by atoms with Gasteiger partial charge < -0.3 is 4.98 Å². The summed E-state index contributed by atoms with van der Waals surface area (Å²) in [6, 6.07) is 13.9. The molecule has 0 radical (unpaired) electrons. The Morgan fingerprint density at radius 1 is 1.05 bits per heavy atom. The van der Waals surface area contributed by atoms with E-state index >= 15 is 0 Å². The minimum Gasteiger partial charge on any atom is -0.321 e. The Labute approximate surface area is 222 Å². The Morgan fingerprint density at radius 2 is 1.78 bits per heavy atom. The van der Waals surface area contributed by atoms with Crippen molar-refractivity contribution in [3.8, 4) is 0 Å². The van der Waals surface area contributed by atoms with E-state index in [0.29, 0.717) is 11.4 Å². The molecule has 5 rings (SSSR count). The van der Waals surface area contributed by atoms with E-state index in [1.54, 1.807) is 0 Å². The number of nitrogens with zero attached hydrogens (tertiary/aromatic N) is 6. The zero-order valence-corrected chi connectivity index (χ0v) is 22.9. The van der Waals surface area contributed by atoms with E-state index in [2.05, 4.69) is 76.2 Å². The van der Waals surface area contributed by atoms with Crippen molar-refractivity contribution in [1.82, 2.24) is 35.0 Å². The molecule has 0 spiro atoms. The van der Waals surface area contributed by atoms with Gasteiger partial charge in [-0.3, -0.25) is 14.6 Å². The number of pyridine rings is 1. The number of hydrogen-bond donors (Lipinski definition) is 1. The maximum Gasteiger partial charge on any atom is 0.253 e. The number of hydrogen-bond acceptors (Lipinski definition) is 6. The van der Waals surface area contributed by atoms with Crippen LogP contribution in [0.25, 0.3) is 10.9 Å². The molecule has 9 heteroatoms. The lowest BCUT2D eigenvalue weighted by atomic mass is 9.99. The van der Waals surface area contributed by atoms with Crippen molar-refractivity contribution in [2.24, 2.45) is 0 Å². The molecule has 1 fully saturated rings. The summed E-state index contributed by atoms with van der Waals surface area (Å²) in [7, 11) is 0. The number of aromatic nitrogens is 5. The minimum atomic E-state index is -0.370. The molecule has 2 aromatic heterocycles. The molecule has 3 heterocycles. The van der Waals surface area contributed by atoms with E-state index in [1.807, 2.05) is 35.9 Å². The van der Waals surface area contributed by atoms with E-state index in [9.17, 15) is 4.79 Å². The summed E-state index contributed by atoms with van der Waals surface area (Å²) in [6.45, 7) is 14.4. The van der Waals surface area contributed by atoms with E-state index in [0.717, 1.165) is 65.3 Å². The van der Waals surface area contributed by atoms with Gasteiger partial charge in [-0.2, -0.15) is 0 Å². The summed E-state index contributed by atoms with van der Waals surface area (Å²) in [4.78, 5) is 21.5. The molecule has 2 aromatic carbocycles. The van der Waals surface area contributed by atoms with Crippen LogP contribution in [0.2, 0.25) is 5.02 Å². The van der Waals surface area contributed by atoms with Gasteiger partial charge in [0, 0.05) is 43.3 Å². The molecule has 1 unspecified atom stereocenters. The molecule has 1 aliphatic rings. The van der Waals surface area contributed by atoms with E-state index in [4.69, 9.17) is 11.6 Å². The van der Waals surface area contributed by atoms with Gasteiger partial charge >= 0.3 is 0 Å². The fourth-order valence-electron chi connectivity index (χ4n) is 5.30. The topological polar surface area (TPSA) is 82.9 Å². The van der Waals surface area contributed by atoms with Crippen LogP contribution in [0.3, 0.4) is 0 Å². The van der Waals surface area contributed by atoms with Crippen LogP contribution in [0.15, 0.2) is 47.3 Å². The lowest BCUT2D eigenvalue weighted by molar-refractivity contribution is 0.0975. The molecule has 0 bridgehead atoms. The molecule has 0 amide bonds. The molecule has 1 N–H and O–H groups in total. The Morgan fingerprint density at radius 3 is 2.49 bits per heavy atom. The van der Waals surface area contributed by atoms with Gasteiger partial charge in [0.2, 0.25) is 0 Å². The first-order valence-electron chi connectivity index (χ1n) is 12.7. The van der Waals surface area contributed by atoms with Crippen LogP contribution in [0.4, 0.5) is 0 Å². The Bertz CT molecular complexity index is 1480. The highest BCUT2D eigenvalue weighted by atomic mass is 35.5. The number of H-pyrrole nitrogens is 1. The van der Waals surface area contributed by atoms with Gasteiger partial charge in [-0.05, 0) is 79.8 Å². The van der Waals surface area contributed by atoms with Crippen molar-refractivity contribution in [2.45, 2.75) is 52.7 Å². The van der Waals surface area contributed by atoms with Gasteiger partial charge in [-0.25, -0.2) is 4.68 Å². The van der Waals surface area contributed by atoms with Gasteiger partial charge in [-0.1, -0.05) is 41.4 Å². The summed E-state index contributed by atoms with van der Waals surface area (Å²) in [5, 5.41) is 14.6. The molecule has 1 aliphatic heterocycles. The predicted octanol–water partition coefficient (Wildman–Crippen LogP) is 4.45. The normalized spacial score (nSPS) is 16.4. The maximum atomic E-state index is 13.6. The summed E-state index contributed by atoms with van der Waals surface area (Å²) in [5.74, 6) is 0.682. The molecular weight excluding hydrogens is 486 g/mol. The fraction of sp³-hybridized carbons (Fsp3) is 0.429. The lowest BCUT2D eigenvalue weighted by Gasteiger charge is -2.39. The van der Waals surface area contributed by atoms with Crippen LogP contribution in [-0.2, 0) is 12.1 Å². The van der Waals surface area contributed by atoms with Crippen molar-refractivity contribution in [3.63, 3.8) is 0 Å². The van der Waals surface area contributed by atoms with Gasteiger partial charge in [0.1, 0.15) is 6.04 Å². The highest BCUT2D eigenvalue weighted by Gasteiger charge is 2.35. The third-order valence-electron chi connectivity index (χ3n) is 7.11. The summed E-state index contributed by atoms with van der Waals surface area (Å²) in [5.41, 5.74) is 4.44. The quantitative estimate of drug-likeness (QED) is 0.419. The number of piperazine rings is 1. The maximum absolute atomic E-state index is 13.6. The molecule has 37 heavy (non-hydrogen) atoms. The van der Waals surface area contributed by atoms with Crippen LogP contribution < -0.4 is 5.56 Å². The SMILES string of the molecule is Cc1cc(C)c2[nH]c(=O)c(C(c3nnnn3C(C)(C)C)N3CCN(Cc4ccccc4Cl)CC3)cc2c1. The van der Waals surface area contributed by atoms with E-state index in [-0.39, 0.29) is 17.1 Å².